The van der Waals surface area contributed by atoms with Crippen molar-refractivity contribution < 1.29 is 5.21 Å². The van der Waals surface area contributed by atoms with Crippen molar-refractivity contribution in [2.75, 3.05) is 32.1 Å². The number of aromatic nitrogens is 1. The van der Waals surface area contributed by atoms with E-state index in [4.69, 9.17) is 10.9 Å². The smallest absolute Gasteiger partial charge is 0.170 e. The van der Waals surface area contributed by atoms with Crippen LogP contribution in [-0.4, -0.2) is 54.2 Å². The lowest BCUT2D eigenvalue weighted by molar-refractivity contribution is 0.249. The summed E-state index contributed by atoms with van der Waals surface area (Å²) in [6.07, 6.45) is 2.25. The number of piperidine rings is 1. The van der Waals surface area contributed by atoms with Crippen molar-refractivity contribution in [3.63, 3.8) is 0 Å². The van der Waals surface area contributed by atoms with Crippen LogP contribution >= 0.6 is 0 Å². The quantitative estimate of drug-likeness (QED) is 0.373. The first-order chi connectivity index (χ1) is 9.51. The average molecular weight is 277 g/mol. The lowest BCUT2D eigenvalue weighted by Gasteiger charge is -2.36. The summed E-state index contributed by atoms with van der Waals surface area (Å²) in [6, 6.07) is 4.35. The molecule has 0 unspecified atom stereocenters. The van der Waals surface area contributed by atoms with Gasteiger partial charge in [0.15, 0.2) is 5.84 Å². The third kappa shape index (κ3) is 3.19. The molecule has 1 saturated heterocycles. The van der Waals surface area contributed by atoms with Crippen LogP contribution in [0.1, 0.15) is 24.1 Å². The van der Waals surface area contributed by atoms with Gasteiger partial charge >= 0.3 is 0 Å². The van der Waals surface area contributed by atoms with Crippen molar-refractivity contribution in [3.05, 3.63) is 23.4 Å². The summed E-state index contributed by atoms with van der Waals surface area (Å²) in [4.78, 5) is 9.11. The Labute approximate surface area is 119 Å². The molecule has 0 radical (unpaired) electrons. The Balaban J connectivity index is 2.16. The molecule has 0 atom stereocenters. The molecule has 1 aliphatic rings. The predicted octanol–water partition coefficient (Wildman–Crippen LogP) is 1.01. The molecule has 1 fully saturated rings. The van der Waals surface area contributed by atoms with Crippen LogP contribution in [-0.2, 0) is 0 Å². The number of hydrogen-bond acceptors (Lipinski definition) is 5. The molecular weight excluding hydrogens is 254 g/mol. The van der Waals surface area contributed by atoms with Gasteiger partial charge in [-0.3, -0.25) is 0 Å². The van der Waals surface area contributed by atoms with Gasteiger partial charge in [0.1, 0.15) is 5.82 Å². The summed E-state index contributed by atoms with van der Waals surface area (Å²) in [5.74, 6) is 1.03. The van der Waals surface area contributed by atoms with Gasteiger partial charge in [-0.2, -0.15) is 0 Å². The molecule has 0 bridgehead atoms. The first kappa shape index (κ1) is 14.6. The zero-order chi connectivity index (χ0) is 14.7. The molecule has 0 spiro atoms. The maximum Gasteiger partial charge on any atom is 0.170 e. The van der Waals surface area contributed by atoms with Crippen molar-refractivity contribution in [2.24, 2.45) is 10.9 Å². The topological polar surface area (TPSA) is 78.0 Å². The Morgan fingerprint density at radius 2 is 2.05 bits per heavy atom. The van der Waals surface area contributed by atoms with E-state index in [2.05, 4.69) is 34.0 Å². The molecule has 0 aliphatic carbocycles. The van der Waals surface area contributed by atoms with E-state index in [1.54, 1.807) is 0 Å². The van der Waals surface area contributed by atoms with E-state index in [9.17, 15) is 0 Å². The number of nitrogens with zero attached hydrogens (tertiary/aromatic N) is 4. The van der Waals surface area contributed by atoms with Crippen LogP contribution in [0.3, 0.4) is 0 Å². The first-order valence-electron chi connectivity index (χ1n) is 6.89. The van der Waals surface area contributed by atoms with E-state index in [0.717, 1.165) is 37.4 Å². The summed E-state index contributed by atoms with van der Waals surface area (Å²) in [7, 11) is 4.25. The Bertz CT molecular complexity index is 492. The minimum absolute atomic E-state index is 0.125. The van der Waals surface area contributed by atoms with Crippen LogP contribution in [0.4, 0.5) is 5.82 Å². The van der Waals surface area contributed by atoms with Gasteiger partial charge in [-0.15, -0.1) is 0 Å². The number of anilines is 1. The first-order valence-corrected chi connectivity index (χ1v) is 6.89. The van der Waals surface area contributed by atoms with Crippen LogP contribution in [0.15, 0.2) is 17.3 Å². The van der Waals surface area contributed by atoms with Crippen molar-refractivity contribution in [3.8, 4) is 0 Å². The van der Waals surface area contributed by atoms with E-state index in [-0.39, 0.29) is 5.84 Å². The number of nitrogens with two attached hydrogens (primary N) is 1. The second-order valence-corrected chi connectivity index (χ2v) is 5.52. The molecule has 3 N–H and O–H groups in total. The van der Waals surface area contributed by atoms with E-state index in [0.29, 0.717) is 11.6 Å². The molecule has 1 aliphatic heterocycles. The highest BCUT2D eigenvalue weighted by atomic mass is 16.4. The molecule has 20 heavy (non-hydrogen) atoms. The SMILES string of the molecule is Cc1cc(/C(N)=N/O)cc(N2CCC(N(C)C)CC2)n1. The molecule has 1 aromatic heterocycles. The molecule has 6 heteroatoms. The highest BCUT2D eigenvalue weighted by molar-refractivity contribution is 5.97. The van der Waals surface area contributed by atoms with Crippen LogP contribution in [0.5, 0.6) is 0 Å². The van der Waals surface area contributed by atoms with Crippen molar-refractivity contribution in [1.82, 2.24) is 9.88 Å². The summed E-state index contributed by atoms with van der Waals surface area (Å²) >= 11 is 0. The monoisotopic (exact) mass is 277 g/mol. The van der Waals surface area contributed by atoms with Crippen molar-refractivity contribution in [2.45, 2.75) is 25.8 Å². The standard InChI is InChI=1S/C14H23N5O/c1-10-8-11(14(15)17-20)9-13(16-10)19-6-4-12(5-7-19)18(2)3/h8-9,12,20H,4-7H2,1-3H3,(H2,15,17). The molecule has 1 aromatic rings. The van der Waals surface area contributed by atoms with E-state index >= 15 is 0 Å². The maximum atomic E-state index is 8.80. The minimum Gasteiger partial charge on any atom is -0.409 e. The van der Waals surface area contributed by atoms with Gasteiger partial charge in [-0.1, -0.05) is 5.16 Å². The number of oxime groups is 1. The fourth-order valence-electron chi connectivity index (χ4n) is 2.63. The van der Waals surface area contributed by atoms with Crippen LogP contribution in [0.25, 0.3) is 0 Å². The van der Waals surface area contributed by atoms with Crippen LogP contribution in [0, 0.1) is 6.92 Å². The normalized spacial score (nSPS) is 17.8. The van der Waals surface area contributed by atoms with Gasteiger partial charge < -0.3 is 20.7 Å². The van der Waals surface area contributed by atoms with Gasteiger partial charge in [0.2, 0.25) is 0 Å². The number of pyridine rings is 1. The fraction of sp³-hybridized carbons (Fsp3) is 0.571. The van der Waals surface area contributed by atoms with Gasteiger partial charge in [-0.25, -0.2) is 4.98 Å². The van der Waals surface area contributed by atoms with E-state index in [1.807, 2.05) is 19.1 Å². The van der Waals surface area contributed by atoms with Crippen molar-refractivity contribution in [1.29, 1.82) is 0 Å². The predicted molar refractivity (Wildman–Crippen MR) is 80.4 cm³/mol. The minimum atomic E-state index is 0.125. The number of rotatable bonds is 3. The highest BCUT2D eigenvalue weighted by Gasteiger charge is 2.22. The highest BCUT2D eigenvalue weighted by Crippen LogP contribution is 2.21. The Kier molecular flexibility index (Phi) is 4.44. The molecule has 0 amide bonds. The molecule has 6 nitrogen and oxygen atoms in total. The van der Waals surface area contributed by atoms with E-state index in [1.165, 1.54) is 0 Å². The van der Waals surface area contributed by atoms with Gasteiger partial charge in [0.05, 0.1) is 0 Å². The number of aryl methyl sites for hydroxylation is 1. The lowest BCUT2D eigenvalue weighted by Crippen LogP contribution is -2.42. The Morgan fingerprint density at radius 1 is 1.40 bits per heavy atom. The zero-order valence-electron chi connectivity index (χ0n) is 12.4. The second kappa shape index (κ2) is 6.09. The summed E-state index contributed by atoms with van der Waals surface area (Å²) in [5.41, 5.74) is 7.26. The third-order valence-electron chi connectivity index (χ3n) is 3.86. The fourth-order valence-corrected chi connectivity index (χ4v) is 2.63. The zero-order valence-corrected chi connectivity index (χ0v) is 12.4. The molecule has 2 heterocycles. The Morgan fingerprint density at radius 3 is 2.60 bits per heavy atom. The van der Waals surface area contributed by atoms with Gasteiger partial charge in [-0.05, 0) is 46.0 Å². The Hall–Kier alpha value is -1.82. The number of amidine groups is 1. The average Bonchev–Trinajstić information content (AvgIpc) is 2.45. The summed E-state index contributed by atoms with van der Waals surface area (Å²) in [5, 5.41) is 11.9. The van der Waals surface area contributed by atoms with Gasteiger partial charge in [0.25, 0.3) is 0 Å². The number of hydrogen-bond donors (Lipinski definition) is 2. The van der Waals surface area contributed by atoms with Crippen molar-refractivity contribution >= 4 is 11.7 Å². The van der Waals surface area contributed by atoms with Crippen LogP contribution < -0.4 is 10.6 Å². The molecule has 0 aromatic carbocycles. The summed E-state index contributed by atoms with van der Waals surface area (Å²) < 4.78 is 0. The molecule has 0 saturated carbocycles. The summed E-state index contributed by atoms with van der Waals surface area (Å²) in [6.45, 7) is 3.88. The van der Waals surface area contributed by atoms with Crippen LogP contribution in [0.2, 0.25) is 0 Å². The molecule has 2 rings (SSSR count). The second-order valence-electron chi connectivity index (χ2n) is 5.52. The lowest BCUT2D eigenvalue weighted by atomic mass is 10.0. The molecular formula is C14H23N5O. The third-order valence-corrected chi connectivity index (χ3v) is 3.86. The largest absolute Gasteiger partial charge is 0.409 e. The van der Waals surface area contributed by atoms with Gasteiger partial charge in [0, 0.05) is 30.4 Å². The van der Waals surface area contributed by atoms with E-state index < -0.39 is 0 Å². The molecule has 110 valence electrons. The maximum absolute atomic E-state index is 8.80.